The van der Waals surface area contributed by atoms with E-state index in [4.69, 9.17) is 4.74 Å². The number of thiazole rings is 1. The fourth-order valence-corrected chi connectivity index (χ4v) is 4.02. The van der Waals surface area contributed by atoms with Crippen molar-refractivity contribution in [2.24, 2.45) is 0 Å². The van der Waals surface area contributed by atoms with Crippen LogP contribution in [0.1, 0.15) is 10.4 Å². The SMILES string of the molecule is O=C(Nc1nc(-c2ccc3ccccc3c2)cs1)c1cccc(Oc2ccccc2)c1. The molecule has 0 radical (unpaired) electrons. The van der Waals surface area contributed by atoms with Crippen molar-refractivity contribution in [3.05, 3.63) is 108 Å². The van der Waals surface area contributed by atoms with Crippen LogP contribution in [-0.4, -0.2) is 10.9 Å². The highest BCUT2D eigenvalue weighted by atomic mass is 32.1. The smallest absolute Gasteiger partial charge is 0.257 e. The van der Waals surface area contributed by atoms with Gasteiger partial charge >= 0.3 is 0 Å². The topological polar surface area (TPSA) is 51.2 Å². The Bertz CT molecular complexity index is 1360. The summed E-state index contributed by atoms with van der Waals surface area (Å²) in [5.41, 5.74) is 2.37. The van der Waals surface area contributed by atoms with Gasteiger partial charge in [-0.3, -0.25) is 10.1 Å². The second-order valence-electron chi connectivity index (χ2n) is 7.00. The summed E-state index contributed by atoms with van der Waals surface area (Å²) in [6.45, 7) is 0. The number of hydrogen-bond acceptors (Lipinski definition) is 4. The normalized spacial score (nSPS) is 10.7. The molecule has 31 heavy (non-hydrogen) atoms. The molecule has 150 valence electrons. The van der Waals surface area contributed by atoms with Crippen molar-refractivity contribution in [3.8, 4) is 22.8 Å². The molecular formula is C26H18N2O2S. The maximum absolute atomic E-state index is 12.7. The van der Waals surface area contributed by atoms with Crippen LogP contribution in [0.4, 0.5) is 5.13 Å². The van der Waals surface area contributed by atoms with E-state index in [9.17, 15) is 4.79 Å². The van der Waals surface area contributed by atoms with Crippen LogP contribution < -0.4 is 10.1 Å². The van der Waals surface area contributed by atoms with E-state index in [-0.39, 0.29) is 5.91 Å². The Labute approximate surface area is 183 Å². The molecule has 4 nitrogen and oxygen atoms in total. The predicted octanol–water partition coefficient (Wildman–Crippen LogP) is 7.01. The quantitative estimate of drug-likeness (QED) is 0.331. The number of para-hydroxylation sites is 1. The summed E-state index contributed by atoms with van der Waals surface area (Å²) in [6, 6.07) is 31.0. The number of nitrogens with zero attached hydrogens (tertiary/aromatic N) is 1. The lowest BCUT2D eigenvalue weighted by atomic mass is 10.1. The van der Waals surface area contributed by atoms with Gasteiger partial charge in [-0.1, -0.05) is 60.7 Å². The van der Waals surface area contributed by atoms with E-state index >= 15 is 0 Å². The largest absolute Gasteiger partial charge is 0.457 e. The van der Waals surface area contributed by atoms with Gasteiger partial charge in [-0.2, -0.15) is 0 Å². The van der Waals surface area contributed by atoms with Crippen molar-refractivity contribution in [1.29, 1.82) is 0 Å². The molecule has 0 saturated carbocycles. The van der Waals surface area contributed by atoms with Gasteiger partial charge in [-0.15, -0.1) is 11.3 Å². The molecular weight excluding hydrogens is 404 g/mol. The molecule has 1 aromatic heterocycles. The Kier molecular flexibility index (Phi) is 5.17. The number of rotatable bonds is 5. The fraction of sp³-hybridized carbons (Fsp3) is 0. The molecule has 0 unspecified atom stereocenters. The molecule has 5 rings (SSSR count). The number of anilines is 1. The summed E-state index contributed by atoms with van der Waals surface area (Å²) in [6.07, 6.45) is 0. The van der Waals surface area contributed by atoms with E-state index in [1.165, 1.54) is 16.7 Å². The summed E-state index contributed by atoms with van der Waals surface area (Å²) < 4.78 is 5.82. The third-order valence-corrected chi connectivity index (χ3v) is 5.60. The highest BCUT2D eigenvalue weighted by Crippen LogP contribution is 2.28. The molecule has 1 N–H and O–H groups in total. The molecule has 1 amide bonds. The van der Waals surface area contributed by atoms with Gasteiger partial charge in [0.15, 0.2) is 5.13 Å². The monoisotopic (exact) mass is 422 g/mol. The van der Waals surface area contributed by atoms with Crippen LogP contribution in [0.15, 0.2) is 102 Å². The molecule has 0 fully saturated rings. The lowest BCUT2D eigenvalue weighted by molar-refractivity contribution is 0.102. The first-order chi connectivity index (χ1) is 15.2. The van der Waals surface area contributed by atoms with E-state index < -0.39 is 0 Å². The second kappa shape index (κ2) is 8.42. The van der Waals surface area contributed by atoms with Gasteiger partial charge in [-0.25, -0.2) is 4.98 Å². The first-order valence-corrected chi connectivity index (χ1v) is 10.7. The molecule has 0 saturated heterocycles. The van der Waals surface area contributed by atoms with Crippen molar-refractivity contribution in [1.82, 2.24) is 4.98 Å². The lowest BCUT2D eigenvalue weighted by Gasteiger charge is -2.07. The van der Waals surface area contributed by atoms with E-state index in [1.54, 1.807) is 18.2 Å². The predicted molar refractivity (Wildman–Crippen MR) is 126 cm³/mol. The minimum Gasteiger partial charge on any atom is -0.457 e. The number of fused-ring (bicyclic) bond motifs is 1. The van der Waals surface area contributed by atoms with Gasteiger partial charge < -0.3 is 4.74 Å². The first kappa shape index (κ1) is 19.0. The molecule has 1 heterocycles. The first-order valence-electron chi connectivity index (χ1n) is 9.84. The molecule has 0 aliphatic carbocycles. The fourth-order valence-electron chi connectivity index (χ4n) is 3.31. The summed E-state index contributed by atoms with van der Waals surface area (Å²) in [5.74, 6) is 1.10. The van der Waals surface area contributed by atoms with E-state index in [0.717, 1.165) is 22.4 Å². The standard InChI is InChI=1S/C26H18N2O2S/c29-25(21-9-6-12-23(16-21)30-22-10-2-1-3-11-22)28-26-27-24(17-31-26)20-14-13-18-7-4-5-8-19(18)15-20/h1-17H,(H,27,28,29). The molecule has 4 aromatic carbocycles. The molecule has 0 aliphatic heterocycles. The van der Waals surface area contributed by atoms with Crippen LogP contribution in [0.5, 0.6) is 11.5 Å². The zero-order valence-electron chi connectivity index (χ0n) is 16.5. The Morgan fingerprint density at radius 2 is 1.55 bits per heavy atom. The van der Waals surface area contributed by atoms with Gasteiger partial charge in [0.25, 0.3) is 5.91 Å². The van der Waals surface area contributed by atoms with Crippen molar-refractivity contribution in [3.63, 3.8) is 0 Å². The third-order valence-electron chi connectivity index (χ3n) is 4.85. The van der Waals surface area contributed by atoms with Crippen LogP contribution in [0, 0.1) is 0 Å². The van der Waals surface area contributed by atoms with Gasteiger partial charge in [0, 0.05) is 16.5 Å². The number of amides is 1. The zero-order valence-corrected chi connectivity index (χ0v) is 17.3. The Balaban J connectivity index is 1.32. The summed E-state index contributed by atoms with van der Waals surface area (Å²) >= 11 is 1.41. The summed E-state index contributed by atoms with van der Waals surface area (Å²) in [5, 5.41) is 7.75. The van der Waals surface area contributed by atoms with Crippen molar-refractivity contribution >= 4 is 33.1 Å². The van der Waals surface area contributed by atoms with Crippen LogP contribution in [0.25, 0.3) is 22.0 Å². The van der Waals surface area contributed by atoms with Crippen LogP contribution in [-0.2, 0) is 0 Å². The van der Waals surface area contributed by atoms with Crippen molar-refractivity contribution < 1.29 is 9.53 Å². The minimum absolute atomic E-state index is 0.224. The molecule has 0 aliphatic rings. The average Bonchev–Trinajstić information content (AvgIpc) is 3.28. The number of ether oxygens (including phenoxy) is 1. The molecule has 5 aromatic rings. The number of benzene rings is 4. The third kappa shape index (κ3) is 4.32. The Hall–Kier alpha value is -3.96. The maximum atomic E-state index is 12.7. The zero-order chi connectivity index (χ0) is 21.0. The molecule has 0 spiro atoms. The number of carbonyl (C=O) groups is 1. The van der Waals surface area contributed by atoms with E-state index in [0.29, 0.717) is 16.4 Å². The second-order valence-corrected chi connectivity index (χ2v) is 7.86. The van der Waals surface area contributed by atoms with E-state index in [1.807, 2.05) is 60.0 Å². The van der Waals surface area contributed by atoms with Crippen LogP contribution in [0.3, 0.4) is 0 Å². The number of aromatic nitrogens is 1. The Morgan fingerprint density at radius 1 is 0.774 bits per heavy atom. The van der Waals surface area contributed by atoms with Gasteiger partial charge in [-0.05, 0) is 47.2 Å². The highest BCUT2D eigenvalue weighted by molar-refractivity contribution is 7.14. The molecule has 5 heteroatoms. The molecule has 0 atom stereocenters. The summed E-state index contributed by atoms with van der Waals surface area (Å²) in [4.78, 5) is 17.3. The number of nitrogens with one attached hydrogen (secondary N) is 1. The number of carbonyl (C=O) groups excluding carboxylic acids is 1. The van der Waals surface area contributed by atoms with Crippen molar-refractivity contribution in [2.75, 3.05) is 5.32 Å². The maximum Gasteiger partial charge on any atom is 0.257 e. The van der Waals surface area contributed by atoms with Gasteiger partial charge in [0.2, 0.25) is 0 Å². The van der Waals surface area contributed by atoms with Crippen LogP contribution >= 0.6 is 11.3 Å². The van der Waals surface area contributed by atoms with Crippen molar-refractivity contribution in [2.45, 2.75) is 0 Å². The molecule has 0 bridgehead atoms. The van der Waals surface area contributed by atoms with Gasteiger partial charge in [0.05, 0.1) is 5.69 Å². The van der Waals surface area contributed by atoms with Crippen LogP contribution in [0.2, 0.25) is 0 Å². The average molecular weight is 423 g/mol. The summed E-state index contributed by atoms with van der Waals surface area (Å²) in [7, 11) is 0. The Morgan fingerprint density at radius 3 is 2.42 bits per heavy atom. The van der Waals surface area contributed by atoms with Gasteiger partial charge in [0.1, 0.15) is 11.5 Å². The van der Waals surface area contributed by atoms with E-state index in [2.05, 4.69) is 34.6 Å². The number of hydrogen-bond donors (Lipinski definition) is 1. The minimum atomic E-state index is -0.224. The highest BCUT2D eigenvalue weighted by Gasteiger charge is 2.11. The lowest BCUT2D eigenvalue weighted by Crippen LogP contribution is -2.11.